The quantitative estimate of drug-likeness (QED) is 0.128. The lowest BCUT2D eigenvalue weighted by atomic mass is 9.78. The third-order valence-electron chi connectivity index (χ3n) is 26.8. The maximum atomic E-state index is 2.39. The highest BCUT2D eigenvalue weighted by Crippen LogP contribution is 2.51. The van der Waals surface area contributed by atoms with Crippen molar-refractivity contribution in [3.05, 3.63) is 453 Å². The first-order valence-corrected chi connectivity index (χ1v) is 45.4. The van der Waals surface area contributed by atoms with E-state index in [4.69, 9.17) is 0 Å². The van der Waals surface area contributed by atoms with Crippen molar-refractivity contribution in [2.75, 3.05) is 0 Å². The second kappa shape index (κ2) is 31.9. The Labute approximate surface area is 754 Å². The predicted molar refractivity (Wildman–Crippen MR) is 556 cm³/mol. The van der Waals surface area contributed by atoms with Crippen molar-refractivity contribution in [2.24, 2.45) is 0 Å². The Hall–Kier alpha value is -15.4. The highest BCUT2D eigenvalue weighted by molar-refractivity contribution is 6.25. The summed E-state index contributed by atoms with van der Waals surface area (Å²) in [5, 5.41) is 23.1. The largest absolute Gasteiger partial charge is 0.309 e. The molecule has 3 nitrogen and oxygen atoms in total. The van der Waals surface area contributed by atoms with Crippen LogP contribution in [-0.2, 0) is 16.2 Å². The molecule has 0 unspecified atom stereocenters. The summed E-state index contributed by atoms with van der Waals surface area (Å²) >= 11 is 0. The number of aromatic nitrogens is 3. The third-order valence-corrected chi connectivity index (χ3v) is 26.8. The monoisotopic (exact) mass is 1650 g/mol. The molecule has 0 bridgehead atoms. The maximum Gasteiger partial charge on any atom is 0.0541 e. The average Bonchev–Trinajstić information content (AvgIpc) is 1.55. The van der Waals surface area contributed by atoms with E-state index in [-0.39, 0.29) is 16.2 Å². The summed E-state index contributed by atoms with van der Waals surface area (Å²) in [6.45, 7) is 20.6. The molecule has 129 heavy (non-hydrogen) atoms. The molecule has 618 valence electrons. The second-order valence-corrected chi connectivity index (χ2v) is 37.7. The van der Waals surface area contributed by atoms with Crippen molar-refractivity contribution in [1.82, 2.24) is 13.7 Å². The molecule has 3 heterocycles. The van der Waals surface area contributed by atoms with E-state index in [0.717, 1.165) is 0 Å². The summed E-state index contributed by atoms with van der Waals surface area (Å²) in [6.07, 6.45) is 0. The molecular weight excluding hydrogens is 1560 g/mol. The second-order valence-electron chi connectivity index (χ2n) is 37.7. The fourth-order valence-electron chi connectivity index (χ4n) is 20.8. The molecule has 0 N–H and O–H groups in total. The number of fused-ring (bicyclic) bond motifs is 15. The zero-order chi connectivity index (χ0) is 87.4. The topological polar surface area (TPSA) is 14.8 Å². The van der Waals surface area contributed by atoms with Gasteiger partial charge in [0.25, 0.3) is 0 Å². The molecule has 24 rings (SSSR count). The van der Waals surface area contributed by atoms with Gasteiger partial charge in [-0.05, 0) is 237 Å². The minimum Gasteiger partial charge on any atom is -0.309 e. The maximum absolute atomic E-state index is 2.39. The van der Waals surface area contributed by atoms with Crippen LogP contribution in [0.25, 0.3) is 214 Å². The zero-order valence-corrected chi connectivity index (χ0v) is 74.4. The molecular formula is C126H99N3. The van der Waals surface area contributed by atoms with E-state index >= 15 is 0 Å². The van der Waals surface area contributed by atoms with Crippen molar-refractivity contribution in [3.63, 3.8) is 0 Å². The summed E-state index contributed by atoms with van der Waals surface area (Å²) in [4.78, 5) is 0. The number of rotatable bonds is 9. The van der Waals surface area contributed by atoms with E-state index in [1.807, 2.05) is 0 Å². The summed E-state index contributed by atoms with van der Waals surface area (Å²) in [5.41, 5.74) is 30.5. The van der Waals surface area contributed by atoms with Crippen molar-refractivity contribution in [3.8, 4) is 83.8 Å². The molecule has 0 radical (unpaired) electrons. The van der Waals surface area contributed by atoms with Gasteiger partial charge in [-0.3, -0.25) is 0 Å². The molecule has 0 aliphatic rings. The van der Waals surface area contributed by atoms with E-state index in [1.165, 1.54) is 231 Å². The van der Waals surface area contributed by atoms with Gasteiger partial charge >= 0.3 is 0 Å². The Morgan fingerprint density at radius 3 is 0.605 bits per heavy atom. The highest BCUT2D eigenvalue weighted by Gasteiger charge is 2.27. The lowest BCUT2D eigenvalue weighted by Gasteiger charge is -2.25. The van der Waals surface area contributed by atoms with Crippen LogP contribution in [0.15, 0.2) is 437 Å². The molecule has 0 aliphatic carbocycles. The molecule has 3 aromatic heterocycles. The van der Waals surface area contributed by atoms with Gasteiger partial charge in [0.05, 0.1) is 33.1 Å². The van der Waals surface area contributed by atoms with Crippen molar-refractivity contribution < 1.29 is 0 Å². The Morgan fingerprint density at radius 1 is 0.147 bits per heavy atom. The molecule has 3 heteroatoms. The number of para-hydroxylation sites is 6. The van der Waals surface area contributed by atoms with Gasteiger partial charge in [-0.15, -0.1) is 0 Å². The van der Waals surface area contributed by atoms with E-state index in [0.29, 0.717) is 0 Å². The van der Waals surface area contributed by atoms with Crippen LogP contribution in [-0.4, -0.2) is 13.7 Å². The number of nitrogens with zero attached hydrogens (tertiary/aromatic N) is 3. The fourth-order valence-corrected chi connectivity index (χ4v) is 20.8. The van der Waals surface area contributed by atoms with E-state index in [1.54, 1.807) is 0 Å². The standard InChI is InChI=1S/3C42H33N/c1-42(2,3)37-21-11-8-20-36(37)41-34-18-6-4-16-32(34)40(33-17-5-7-19-35(33)41)28-24-26-29(27-25-28)43-38-22-12-9-14-30(38)31-15-10-13-23-39(31)43;1-42(2,3)30-14-12-13-29(27-30)41-36-19-6-4-17-34(36)40(35-18-5-7-20-37(35)41)28-23-25-31(26-24-28)43-38-21-10-8-15-32(38)33-16-9-11-22-39(33)43;1-42(2,3)30-24-20-28(21-25-30)40-34-14-4-6-16-36(34)41(37-17-7-5-15-35(37)40)29-22-26-31(27-23-29)43-38-18-10-8-12-32(38)33-13-9-11-19-39(33)43/h3*4-27H,1-3H3. The normalized spacial score (nSPS) is 12.1. The Bertz CT molecular complexity index is 8170. The van der Waals surface area contributed by atoms with E-state index in [9.17, 15) is 0 Å². The van der Waals surface area contributed by atoms with Crippen molar-refractivity contribution >= 4 is 130 Å². The molecule has 0 fully saturated rings. The first-order valence-electron chi connectivity index (χ1n) is 45.4. The van der Waals surface area contributed by atoms with E-state index < -0.39 is 0 Å². The number of hydrogen-bond acceptors (Lipinski definition) is 0. The van der Waals surface area contributed by atoms with Crippen LogP contribution in [0.3, 0.4) is 0 Å². The molecule has 21 aromatic carbocycles. The lowest BCUT2D eigenvalue weighted by Crippen LogP contribution is -2.12. The third kappa shape index (κ3) is 13.8. The van der Waals surface area contributed by atoms with Crippen molar-refractivity contribution in [1.29, 1.82) is 0 Å². The Kier molecular flexibility index (Phi) is 19.7. The zero-order valence-electron chi connectivity index (χ0n) is 74.4. The Morgan fingerprint density at radius 2 is 0.357 bits per heavy atom. The van der Waals surface area contributed by atoms with Crippen LogP contribution < -0.4 is 0 Å². The van der Waals surface area contributed by atoms with Crippen LogP contribution in [0.5, 0.6) is 0 Å². The van der Waals surface area contributed by atoms with E-state index in [2.05, 4.69) is 513 Å². The van der Waals surface area contributed by atoms with Crippen LogP contribution in [0, 0.1) is 0 Å². The van der Waals surface area contributed by atoms with Gasteiger partial charge in [0.2, 0.25) is 0 Å². The molecule has 24 aromatic rings. The highest BCUT2D eigenvalue weighted by atomic mass is 15.0. The van der Waals surface area contributed by atoms with Gasteiger partial charge in [-0.1, -0.05) is 426 Å². The summed E-state index contributed by atoms with van der Waals surface area (Å²) in [5.74, 6) is 0. The molecule has 0 saturated heterocycles. The minimum atomic E-state index is 0.0279. The summed E-state index contributed by atoms with van der Waals surface area (Å²) < 4.78 is 7.15. The van der Waals surface area contributed by atoms with Gasteiger partial charge in [0.1, 0.15) is 0 Å². The van der Waals surface area contributed by atoms with Crippen LogP contribution in [0.1, 0.15) is 79.0 Å². The van der Waals surface area contributed by atoms with Crippen molar-refractivity contribution in [2.45, 2.75) is 78.6 Å². The SMILES string of the molecule is CC(C)(C)c1ccc(-c2c3ccccc3c(-c3ccc(-n4c5ccccc5c5ccccc54)cc3)c3ccccc23)cc1.CC(C)(C)c1cccc(-c2c3ccccc3c(-c3ccc(-n4c5ccccc5c5ccccc54)cc3)c3ccccc23)c1.CC(C)(C)c1ccccc1-c1c2ccccc2c(-c2ccc(-n3c4ccccc4c4ccccc43)cc2)c2ccccc12. The molecule has 0 saturated carbocycles. The molecule has 0 amide bonds. The smallest absolute Gasteiger partial charge is 0.0541 e. The number of benzene rings is 21. The number of hydrogen-bond donors (Lipinski definition) is 0. The molecule has 0 spiro atoms. The fraction of sp³-hybridized carbons (Fsp3) is 0.0952. The van der Waals surface area contributed by atoms with Crippen LogP contribution >= 0.6 is 0 Å². The van der Waals surface area contributed by atoms with Gasteiger partial charge in [0, 0.05) is 49.4 Å². The first-order chi connectivity index (χ1) is 63.0. The molecule has 0 aliphatic heterocycles. The van der Waals surface area contributed by atoms with Crippen LogP contribution in [0.2, 0.25) is 0 Å². The van der Waals surface area contributed by atoms with Gasteiger partial charge in [0.15, 0.2) is 0 Å². The minimum absolute atomic E-state index is 0.0279. The summed E-state index contributed by atoms with van der Waals surface area (Å²) in [7, 11) is 0. The predicted octanol–water partition coefficient (Wildman–Crippen LogP) is 35.2. The van der Waals surface area contributed by atoms with Crippen LogP contribution in [0.4, 0.5) is 0 Å². The molecule has 0 atom stereocenters. The van der Waals surface area contributed by atoms with Gasteiger partial charge in [-0.25, -0.2) is 0 Å². The van der Waals surface area contributed by atoms with Gasteiger partial charge < -0.3 is 13.7 Å². The average molecular weight is 1660 g/mol. The first kappa shape index (κ1) is 79.5. The van der Waals surface area contributed by atoms with Gasteiger partial charge in [-0.2, -0.15) is 0 Å². The summed E-state index contributed by atoms with van der Waals surface area (Å²) in [6, 6.07) is 160. The Balaban J connectivity index is 0.000000114. The lowest BCUT2D eigenvalue weighted by molar-refractivity contribution is 0.590.